The predicted octanol–water partition coefficient (Wildman–Crippen LogP) is 7.60. The molecule has 0 bridgehead atoms. The maximum atomic E-state index is 13.6. The fraction of sp³-hybridized carbons (Fsp3) is 0.0333. The van der Waals surface area contributed by atoms with Gasteiger partial charge in [-0.2, -0.15) is 9.78 Å². The number of hydrogen-bond donors (Lipinski definition) is 0. The quantitative estimate of drug-likeness (QED) is 0.102. The summed E-state index contributed by atoms with van der Waals surface area (Å²) in [4.78, 5) is 29.7. The first-order chi connectivity index (χ1) is 19.9. The number of rotatable bonds is 7. The number of furan rings is 1. The van der Waals surface area contributed by atoms with Gasteiger partial charge < -0.3 is 9.15 Å². The second-order valence-electron chi connectivity index (χ2n) is 8.98. The van der Waals surface area contributed by atoms with Crippen LogP contribution in [0, 0.1) is 10.1 Å². The Kier molecular flexibility index (Phi) is 7.08. The van der Waals surface area contributed by atoms with Gasteiger partial charge in [0.15, 0.2) is 5.76 Å². The summed E-state index contributed by atoms with van der Waals surface area (Å²) in [5.74, 6) is 0.448. The lowest BCUT2D eigenvalue weighted by Gasteiger charge is -2.11. The highest BCUT2D eigenvalue weighted by Gasteiger charge is 2.22. The Morgan fingerprint density at radius 3 is 2.63 bits per heavy atom. The number of nitro benzene ring substituents is 1. The lowest BCUT2D eigenvalue weighted by Crippen LogP contribution is -2.20. The molecule has 4 aromatic carbocycles. The number of nitro groups is 1. The van der Waals surface area contributed by atoms with Crippen LogP contribution in [0.5, 0.6) is 5.75 Å². The minimum atomic E-state index is -0.531. The third kappa shape index (κ3) is 5.34. The lowest BCUT2D eigenvalue weighted by molar-refractivity contribution is -0.386. The molecule has 6 aromatic rings. The minimum Gasteiger partial charge on any atom is -0.481 e. The molecule has 9 nitrogen and oxygen atoms in total. The van der Waals surface area contributed by atoms with E-state index in [0.717, 1.165) is 15.6 Å². The van der Waals surface area contributed by atoms with Crippen LogP contribution in [0.1, 0.15) is 11.1 Å². The number of ether oxygens (including phenoxy) is 1. The van der Waals surface area contributed by atoms with Gasteiger partial charge in [0.2, 0.25) is 11.6 Å². The molecular weight excluding hydrogens is 612 g/mol. The number of para-hydroxylation sites is 1. The van der Waals surface area contributed by atoms with Crippen LogP contribution >= 0.6 is 27.5 Å². The van der Waals surface area contributed by atoms with Crippen molar-refractivity contribution in [3.8, 4) is 17.3 Å². The second-order valence-corrected chi connectivity index (χ2v) is 10.3. The third-order valence-electron chi connectivity index (χ3n) is 6.25. The SMILES string of the molecule is O=c1c2ccccc2nc(-c2cc3cc(Cl)ccc3o2)n1N=Cc1cc(Br)cc([N+](=O)[O-])c1OCc1ccccc1. The van der Waals surface area contributed by atoms with E-state index < -0.39 is 10.5 Å². The molecular formula is C30H18BrClN4O5. The number of hydrogen-bond acceptors (Lipinski definition) is 7. The first kappa shape index (κ1) is 26.4. The molecule has 0 aliphatic rings. The monoisotopic (exact) mass is 628 g/mol. The molecule has 0 atom stereocenters. The molecule has 0 amide bonds. The van der Waals surface area contributed by atoms with Crippen molar-refractivity contribution in [1.29, 1.82) is 0 Å². The Bertz CT molecular complexity index is 2040. The van der Waals surface area contributed by atoms with E-state index in [1.807, 2.05) is 30.3 Å². The van der Waals surface area contributed by atoms with Gasteiger partial charge in [-0.3, -0.25) is 14.9 Å². The van der Waals surface area contributed by atoms with Crippen molar-refractivity contribution in [2.75, 3.05) is 0 Å². The molecule has 0 fully saturated rings. The first-order valence-electron chi connectivity index (χ1n) is 12.3. The van der Waals surface area contributed by atoms with Crippen LogP contribution in [0.2, 0.25) is 5.02 Å². The molecule has 0 saturated carbocycles. The van der Waals surface area contributed by atoms with E-state index in [1.54, 1.807) is 54.6 Å². The van der Waals surface area contributed by atoms with E-state index in [0.29, 0.717) is 31.7 Å². The summed E-state index contributed by atoms with van der Waals surface area (Å²) in [6, 6.07) is 26.0. The molecule has 0 aliphatic carbocycles. The summed E-state index contributed by atoms with van der Waals surface area (Å²) in [6.45, 7) is 0.0917. The Labute approximate surface area is 245 Å². The fourth-order valence-corrected chi connectivity index (χ4v) is 5.00. The summed E-state index contributed by atoms with van der Waals surface area (Å²) in [5, 5.41) is 18.0. The molecule has 0 unspecified atom stereocenters. The van der Waals surface area contributed by atoms with Gasteiger partial charge in [0.25, 0.3) is 5.56 Å². The second kappa shape index (κ2) is 11.0. The summed E-state index contributed by atoms with van der Waals surface area (Å²) >= 11 is 9.49. The van der Waals surface area contributed by atoms with Gasteiger partial charge in [-0.05, 0) is 48.0 Å². The standard InChI is InChI=1S/C30H18BrClN4O5/c31-21-12-20(28(25(15-21)36(38)39)40-17-18-6-2-1-3-7-18)16-33-35-29(34-24-9-5-4-8-23(24)30(35)37)27-14-19-13-22(32)10-11-26(19)41-27/h1-16H,17H2. The van der Waals surface area contributed by atoms with E-state index in [1.165, 1.54) is 12.3 Å². The summed E-state index contributed by atoms with van der Waals surface area (Å²) in [6.07, 6.45) is 1.33. The van der Waals surface area contributed by atoms with Crippen molar-refractivity contribution in [3.05, 3.63) is 132 Å². The first-order valence-corrected chi connectivity index (χ1v) is 13.4. The number of benzene rings is 4. The number of aromatic nitrogens is 2. The van der Waals surface area contributed by atoms with E-state index in [2.05, 4.69) is 26.0 Å². The number of nitrogens with zero attached hydrogens (tertiary/aromatic N) is 4. The van der Waals surface area contributed by atoms with Crippen molar-refractivity contribution in [2.45, 2.75) is 6.61 Å². The van der Waals surface area contributed by atoms with Crippen LogP contribution in [0.25, 0.3) is 33.5 Å². The zero-order valence-electron chi connectivity index (χ0n) is 21.0. The van der Waals surface area contributed by atoms with Crippen LogP contribution in [0.4, 0.5) is 5.69 Å². The molecule has 2 heterocycles. The van der Waals surface area contributed by atoms with E-state index >= 15 is 0 Å². The van der Waals surface area contributed by atoms with Crippen molar-refractivity contribution < 1.29 is 14.1 Å². The molecule has 11 heteroatoms. The molecule has 0 aliphatic heterocycles. The average molecular weight is 630 g/mol. The zero-order valence-corrected chi connectivity index (χ0v) is 23.4. The average Bonchev–Trinajstić information content (AvgIpc) is 3.39. The summed E-state index contributed by atoms with van der Waals surface area (Å²) in [5.41, 5.74) is 1.43. The normalized spacial score (nSPS) is 11.5. The van der Waals surface area contributed by atoms with Gasteiger partial charge in [-0.15, -0.1) is 0 Å². The Balaban J connectivity index is 1.51. The van der Waals surface area contributed by atoms with E-state index in [-0.39, 0.29) is 29.4 Å². The molecule has 0 spiro atoms. The van der Waals surface area contributed by atoms with Gasteiger partial charge in [0.05, 0.1) is 22.0 Å². The smallest absolute Gasteiger partial charge is 0.312 e. The van der Waals surface area contributed by atoms with Gasteiger partial charge in [0, 0.05) is 26.5 Å². The maximum absolute atomic E-state index is 13.6. The molecule has 2 aromatic heterocycles. The van der Waals surface area contributed by atoms with E-state index in [9.17, 15) is 14.9 Å². The van der Waals surface area contributed by atoms with Gasteiger partial charge >= 0.3 is 5.69 Å². The molecule has 202 valence electrons. The third-order valence-corrected chi connectivity index (χ3v) is 6.94. The molecule has 0 saturated heterocycles. The van der Waals surface area contributed by atoms with Gasteiger partial charge in [-0.1, -0.05) is 70.0 Å². The number of halogens is 2. The highest BCUT2D eigenvalue weighted by molar-refractivity contribution is 9.10. The van der Waals surface area contributed by atoms with Gasteiger partial charge in [-0.25, -0.2) is 4.98 Å². The minimum absolute atomic E-state index is 0.00697. The topological polar surface area (TPSA) is 113 Å². The lowest BCUT2D eigenvalue weighted by atomic mass is 10.2. The van der Waals surface area contributed by atoms with Crippen molar-refractivity contribution in [3.63, 3.8) is 0 Å². The zero-order chi connectivity index (χ0) is 28.5. The van der Waals surface area contributed by atoms with E-state index in [4.69, 9.17) is 20.8 Å². The van der Waals surface area contributed by atoms with Crippen LogP contribution in [0.3, 0.4) is 0 Å². The molecule has 41 heavy (non-hydrogen) atoms. The van der Waals surface area contributed by atoms with Crippen LogP contribution < -0.4 is 10.3 Å². The largest absolute Gasteiger partial charge is 0.481 e. The van der Waals surface area contributed by atoms with Gasteiger partial charge in [0.1, 0.15) is 12.2 Å². The van der Waals surface area contributed by atoms with Crippen LogP contribution in [-0.2, 0) is 6.61 Å². The number of fused-ring (bicyclic) bond motifs is 2. The molecule has 0 radical (unpaired) electrons. The molecule has 0 N–H and O–H groups in total. The Hall–Kier alpha value is -4.80. The molecule has 6 rings (SSSR count). The van der Waals surface area contributed by atoms with Crippen molar-refractivity contribution >= 4 is 61.3 Å². The Morgan fingerprint density at radius 2 is 1.83 bits per heavy atom. The van der Waals surface area contributed by atoms with Crippen molar-refractivity contribution in [2.24, 2.45) is 5.10 Å². The summed E-state index contributed by atoms with van der Waals surface area (Å²) in [7, 11) is 0. The fourth-order valence-electron chi connectivity index (χ4n) is 4.35. The maximum Gasteiger partial charge on any atom is 0.312 e. The predicted molar refractivity (Wildman–Crippen MR) is 161 cm³/mol. The van der Waals surface area contributed by atoms with Crippen LogP contribution in [-0.4, -0.2) is 20.8 Å². The van der Waals surface area contributed by atoms with Crippen LogP contribution in [0.15, 0.2) is 110 Å². The summed E-state index contributed by atoms with van der Waals surface area (Å²) < 4.78 is 13.5. The Morgan fingerprint density at radius 1 is 1.05 bits per heavy atom. The van der Waals surface area contributed by atoms with Crippen molar-refractivity contribution in [1.82, 2.24) is 9.66 Å². The highest BCUT2D eigenvalue weighted by Crippen LogP contribution is 2.35. The highest BCUT2D eigenvalue weighted by atomic mass is 79.9.